The SMILES string of the molecule is CC1(C(=O)Nc2ccccc2S(=O)(=O)C(F)F)CCCN1. The number of rotatable bonds is 4. The van der Waals surface area contributed by atoms with Crippen molar-refractivity contribution in [3.8, 4) is 0 Å². The van der Waals surface area contributed by atoms with Gasteiger partial charge in [-0.05, 0) is 38.4 Å². The van der Waals surface area contributed by atoms with Gasteiger partial charge in [-0.15, -0.1) is 0 Å². The number of para-hydroxylation sites is 1. The van der Waals surface area contributed by atoms with E-state index in [0.29, 0.717) is 13.0 Å². The molecule has 0 aliphatic carbocycles. The third-order valence-electron chi connectivity index (χ3n) is 3.55. The normalized spacial score (nSPS) is 22.5. The summed E-state index contributed by atoms with van der Waals surface area (Å²) in [5.74, 6) is -3.97. The van der Waals surface area contributed by atoms with Crippen molar-refractivity contribution in [3.63, 3.8) is 0 Å². The summed E-state index contributed by atoms with van der Waals surface area (Å²) in [7, 11) is -4.76. The van der Waals surface area contributed by atoms with Crippen molar-refractivity contribution in [2.45, 2.75) is 36.0 Å². The molecule has 1 aliphatic rings. The minimum Gasteiger partial charge on any atom is -0.323 e. The number of hydrogen-bond donors (Lipinski definition) is 2. The van der Waals surface area contributed by atoms with Gasteiger partial charge in [-0.3, -0.25) is 4.79 Å². The van der Waals surface area contributed by atoms with Crippen LogP contribution in [0.4, 0.5) is 14.5 Å². The molecular formula is C13H16F2N2O3S. The van der Waals surface area contributed by atoms with E-state index in [1.54, 1.807) is 6.92 Å². The number of anilines is 1. The van der Waals surface area contributed by atoms with E-state index in [0.717, 1.165) is 12.5 Å². The molecule has 1 atom stereocenters. The van der Waals surface area contributed by atoms with Crippen LogP contribution >= 0.6 is 0 Å². The lowest BCUT2D eigenvalue weighted by atomic mass is 9.99. The van der Waals surface area contributed by atoms with Gasteiger partial charge in [0.1, 0.15) is 0 Å². The molecule has 1 aromatic rings. The fourth-order valence-electron chi connectivity index (χ4n) is 2.26. The Balaban J connectivity index is 2.32. The summed E-state index contributed by atoms with van der Waals surface area (Å²) in [5.41, 5.74) is -0.945. The van der Waals surface area contributed by atoms with Crippen LogP contribution in [0.15, 0.2) is 29.2 Å². The lowest BCUT2D eigenvalue weighted by Gasteiger charge is -2.23. The Hall–Kier alpha value is -1.54. The highest BCUT2D eigenvalue weighted by atomic mass is 32.2. The van der Waals surface area contributed by atoms with Gasteiger partial charge in [0.05, 0.1) is 16.1 Å². The Morgan fingerprint density at radius 1 is 1.38 bits per heavy atom. The maximum atomic E-state index is 12.7. The van der Waals surface area contributed by atoms with Gasteiger partial charge in [0, 0.05) is 0 Å². The number of carbonyl (C=O) groups excluding carboxylic acids is 1. The topological polar surface area (TPSA) is 75.3 Å². The van der Waals surface area contributed by atoms with E-state index < -0.39 is 31.9 Å². The maximum Gasteiger partial charge on any atom is 0.341 e. The number of alkyl halides is 2. The van der Waals surface area contributed by atoms with E-state index in [2.05, 4.69) is 10.6 Å². The zero-order chi connectivity index (χ0) is 15.7. The second kappa shape index (κ2) is 5.69. The summed E-state index contributed by atoms with van der Waals surface area (Å²) in [4.78, 5) is 11.7. The second-order valence-electron chi connectivity index (χ2n) is 5.12. The van der Waals surface area contributed by atoms with E-state index in [1.165, 1.54) is 18.2 Å². The molecule has 0 radical (unpaired) electrons. The number of halogens is 2. The van der Waals surface area contributed by atoms with Crippen LogP contribution < -0.4 is 10.6 Å². The molecule has 1 heterocycles. The molecule has 5 nitrogen and oxygen atoms in total. The number of nitrogens with one attached hydrogen (secondary N) is 2. The zero-order valence-corrected chi connectivity index (χ0v) is 12.2. The molecule has 1 amide bonds. The predicted molar refractivity (Wildman–Crippen MR) is 73.9 cm³/mol. The Morgan fingerprint density at radius 2 is 2.05 bits per heavy atom. The fraction of sp³-hybridized carbons (Fsp3) is 0.462. The Bertz CT molecular complexity index is 641. The lowest BCUT2D eigenvalue weighted by molar-refractivity contribution is -0.121. The monoisotopic (exact) mass is 318 g/mol. The molecule has 1 saturated heterocycles. The number of hydrogen-bond acceptors (Lipinski definition) is 4. The molecule has 2 N–H and O–H groups in total. The van der Waals surface area contributed by atoms with Crippen molar-refractivity contribution in [1.29, 1.82) is 0 Å². The molecule has 2 rings (SSSR count). The standard InChI is InChI=1S/C13H16F2N2O3S/c1-13(7-4-8-16-13)11(18)17-9-5-2-3-6-10(9)21(19,20)12(14)15/h2-3,5-6,12,16H,4,7-8H2,1H3,(H,17,18). The average molecular weight is 318 g/mol. The average Bonchev–Trinajstić information content (AvgIpc) is 2.87. The third-order valence-corrected chi connectivity index (χ3v) is 4.98. The van der Waals surface area contributed by atoms with Gasteiger partial charge < -0.3 is 10.6 Å². The van der Waals surface area contributed by atoms with Gasteiger partial charge in [0.15, 0.2) is 0 Å². The van der Waals surface area contributed by atoms with Crippen molar-refractivity contribution in [2.24, 2.45) is 0 Å². The van der Waals surface area contributed by atoms with Crippen LogP contribution in [0.5, 0.6) is 0 Å². The van der Waals surface area contributed by atoms with Crippen LogP contribution in [0.25, 0.3) is 0 Å². The highest BCUT2D eigenvalue weighted by molar-refractivity contribution is 7.91. The van der Waals surface area contributed by atoms with Crippen LogP contribution in [0.3, 0.4) is 0 Å². The minimum atomic E-state index is -4.76. The smallest absolute Gasteiger partial charge is 0.323 e. The fourth-order valence-corrected chi connectivity index (χ4v) is 3.15. The van der Waals surface area contributed by atoms with E-state index in [4.69, 9.17) is 0 Å². The first-order valence-electron chi connectivity index (χ1n) is 6.45. The molecule has 21 heavy (non-hydrogen) atoms. The van der Waals surface area contributed by atoms with E-state index in [1.807, 2.05) is 0 Å². The zero-order valence-electron chi connectivity index (χ0n) is 11.4. The van der Waals surface area contributed by atoms with E-state index >= 15 is 0 Å². The van der Waals surface area contributed by atoms with Gasteiger partial charge in [0.2, 0.25) is 15.7 Å². The summed E-state index contributed by atoms with van der Waals surface area (Å²) in [6, 6.07) is 5.16. The molecule has 1 aliphatic heterocycles. The van der Waals surface area contributed by atoms with Crippen molar-refractivity contribution < 1.29 is 22.0 Å². The number of benzene rings is 1. The molecule has 0 spiro atoms. The first kappa shape index (κ1) is 15.8. The lowest BCUT2D eigenvalue weighted by Crippen LogP contribution is -2.48. The Labute approximate surface area is 121 Å². The summed E-state index contributed by atoms with van der Waals surface area (Å²) in [5, 5.41) is 5.46. The van der Waals surface area contributed by atoms with Gasteiger partial charge in [-0.25, -0.2) is 8.42 Å². The highest BCUT2D eigenvalue weighted by Crippen LogP contribution is 2.28. The van der Waals surface area contributed by atoms with Gasteiger partial charge in [-0.1, -0.05) is 12.1 Å². The molecule has 1 aromatic carbocycles. The molecule has 8 heteroatoms. The van der Waals surface area contributed by atoms with E-state index in [-0.39, 0.29) is 5.69 Å². The van der Waals surface area contributed by atoms with Crippen LogP contribution in [-0.4, -0.2) is 32.2 Å². The van der Waals surface area contributed by atoms with Gasteiger partial charge in [-0.2, -0.15) is 8.78 Å². The van der Waals surface area contributed by atoms with E-state index in [9.17, 15) is 22.0 Å². The number of amides is 1. The second-order valence-corrected chi connectivity index (χ2v) is 7.00. The van der Waals surface area contributed by atoms with Crippen molar-refractivity contribution in [2.75, 3.05) is 11.9 Å². The molecular weight excluding hydrogens is 302 g/mol. The summed E-state index contributed by atoms with van der Waals surface area (Å²) in [6.07, 6.45) is 1.42. The molecule has 0 bridgehead atoms. The molecule has 1 fully saturated rings. The molecule has 0 aromatic heterocycles. The summed E-state index contributed by atoms with van der Waals surface area (Å²) >= 11 is 0. The van der Waals surface area contributed by atoms with Gasteiger partial charge in [0.25, 0.3) is 0 Å². The van der Waals surface area contributed by atoms with Crippen LogP contribution in [0, 0.1) is 0 Å². The number of carbonyl (C=O) groups is 1. The Morgan fingerprint density at radius 3 is 2.62 bits per heavy atom. The van der Waals surface area contributed by atoms with Crippen LogP contribution in [-0.2, 0) is 14.6 Å². The van der Waals surface area contributed by atoms with Crippen molar-refractivity contribution in [1.82, 2.24) is 5.32 Å². The maximum absolute atomic E-state index is 12.7. The molecule has 116 valence electrons. The highest BCUT2D eigenvalue weighted by Gasteiger charge is 2.37. The molecule has 0 saturated carbocycles. The van der Waals surface area contributed by atoms with Crippen LogP contribution in [0.2, 0.25) is 0 Å². The predicted octanol–water partition coefficient (Wildman–Crippen LogP) is 1.76. The first-order chi connectivity index (χ1) is 9.77. The largest absolute Gasteiger partial charge is 0.341 e. The van der Waals surface area contributed by atoms with Gasteiger partial charge >= 0.3 is 5.76 Å². The minimum absolute atomic E-state index is 0.127. The summed E-state index contributed by atoms with van der Waals surface area (Å²) in [6.45, 7) is 2.38. The third kappa shape index (κ3) is 3.06. The van der Waals surface area contributed by atoms with Crippen molar-refractivity contribution in [3.05, 3.63) is 24.3 Å². The Kier molecular flexibility index (Phi) is 4.29. The quantitative estimate of drug-likeness (QED) is 0.887. The summed E-state index contributed by atoms with van der Waals surface area (Å²) < 4.78 is 48.6. The van der Waals surface area contributed by atoms with Crippen molar-refractivity contribution >= 4 is 21.4 Å². The molecule has 1 unspecified atom stereocenters. The van der Waals surface area contributed by atoms with Crippen LogP contribution in [0.1, 0.15) is 19.8 Å². The number of sulfone groups is 1. The first-order valence-corrected chi connectivity index (χ1v) is 7.99.